The lowest BCUT2D eigenvalue weighted by molar-refractivity contribution is 0.0948. The smallest absolute Gasteiger partial charge is 0.254 e. The number of amides is 1. The lowest BCUT2D eigenvalue weighted by atomic mass is 10.1. The molecule has 0 aliphatic carbocycles. The number of carbonyl (C=O) groups is 1. The van der Waals surface area contributed by atoms with Crippen molar-refractivity contribution < 1.29 is 22.0 Å². The molecule has 0 fully saturated rings. The Labute approximate surface area is 135 Å². The molecule has 8 heteroatoms. The molecule has 1 amide bonds. The van der Waals surface area contributed by atoms with Crippen molar-refractivity contribution in [2.45, 2.75) is 33.2 Å². The summed E-state index contributed by atoms with van der Waals surface area (Å²) in [5.74, 6) is -2.29. The SMILES string of the molecule is Cc1cc(C(=O)NCCCN(C(C)C)S(C)(=O)=O)c(F)cc1F. The van der Waals surface area contributed by atoms with Crippen molar-refractivity contribution in [1.82, 2.24) is 9.62 Å². The summed E-state index contributed by atoms with van der Waals surface area (Å²) in [6.45, 7) is 5.40. The van der Waals surface area contributed by atoms with E-state index in [-0.39, 0.29) is 30.3 Å². The average molecular weight is 348 g/mol. The highest BCUT2D eigenvalue weighted by Gasteiger charge is 2.19. The number of sulfonamides is 1. The summed E-state index contributed by atoms with van der Waals surface area (Å²) >= 11 is 0. The molecule has 0 saturated carbocycles. The van der Waals surface area contributed by atoms with Crippen LogP contribution >= 0.6 is 0 Å². The van der Waals surface area contributed by atoms with Crippen molar-refractivity contribution in [3.05, 3.63) is 34.9 Å². The molecule has 0 heterocycles. The maximum atomic E-state index is 13.6. The molecular formula is C15H22F2N2O3S. The van der Waals surface area contributed by atoms with E-state index in [1.165, 1.54) is 11.2 Å². The molecule has 1 rings (SSSR count). The van der Waals surface area contributed by atoms with E-state index in [0.717, 1.165) is 12.3 Å². The number of halogens is 2. The van der Waals surface area contributed by atoms with Gasteiger partial charge in [-0.15, -0.1) is 0 Å². The second-order valence-corrected chi connectivity index (χ2v) is 7.59. The van der Waals surface area contributed by atoms with Gasteiger partial charge in [0.2, 0.25) is 10.0 Å². The number of benzene rings is 1. The Kier molecular flexibility index (Phi) is 6.64. The number of aryl methyl sites for hydroxylation is 1. The molecule has 5 nitrogen and oxygen atoms in total. The summed E-state index contributed by atoms with van der Waals surface area (Å²) in [6, 6.07) is 1.64. The molecule has 23 heavy (non-hydrogen) atoms. The van der Waals surface area contributed by atoms with E-state index in [1.54, 1.807) is 13.8 Å². The quantitative estimate of drug-likeness (QED) is 0.767. The number of nitrogens with one attached hydrogen (secondary N) is 1. The van der Waals surface area contributed by atoms with Crippen molar-refractivity contribution in [2.75, 3.05) is 19.3 Å². The predicted molar refractivity (Wildman–Crippen MR) is 84.7 cm³/mol. The molecule has 130 valence electrons. The normalized spacial score (nSPS) is 12.0. The highest BCUT2D eigenvalue weighted by atomic mass is 32.2. The van der Waals surface area contributed by atoms with Gasteiger partial charge in [-0.05, 0) is 38.8 Å². The van der Waals surface area contributed by atoms with E-state index in [9.17, 15) is 22.0 Å². The van der Waals surface area contributed by atoms with Gasteiger partial charge in [-0.25, -0.2) is 17.2 Å². The van der Waals surface area contributed by atoms with Crippen molar-refractivity contribution in [3.63, 3.8) is 0 Å². The number of hydrogen-bond donors (Lipinski definition) is 1. The fraction of sp³-hybridized carbons (Fsp3) is 0.533. The van der Waals surface area contributed by atoms with Crippen LogP contribution in [-0.4, -0.2) is 44.0 Å². The predicted octanol–water partition coefficient (Wildman–Crippen LogP) is 2.06. The second-order valence-electron chi connectivity index (χ2n) is 5.66. The van der Waals surface area contributed by atoms with E-state index < -0.39 is 27.6 Å². The minimum absolute atomic E-state index is 0.180. The molecule has 0 radical (unpaired) electrons. The first-order valence-electron chi connectivity index (χ1n) is 7.24. The highest BCUT2D eigenvalue weighted by Crippen LogP contribution is 2.14. The number of nitrogens with zero attached hydrogens (tertiary/aromatic N) is 1. The van der Waals surface area contributed by atoms with E-state index in [0.29, 0.717) is 12.5 Å². The minimum atomic E-state index is -3.32. The van der Waals surface area contributed by atoms with Gasteiger partial charge in [-0.1, -0.05) is 0 Å². The van der Waals surface area contributed by atoms with Crippen LogP contribution in [0.15, 0.2) is 12.1 Å². The van der Waals surface area contributed by atoms with E-state index in [1.807, 2.05) is 0 Å². The molecular weight excluding hydrogens is 326 g/mol. The van der Waals surface area contributed by atoms with Crippen LogP contribution in [0.25, 0.3) is 0 Å². The highest BCUT2D eigenvalue weighted by molar-refractivity contribution is 7.88. The fourth-order valence-electron chi connectivity index (χ4n) is 2.17. The van der Waals surface area contributed by atoms with Gasteiger partial charge in [0.25, 0.3) is 5.91 Å². The molecule has 0 aromatic heterocycles. The molecule has 0 saturated heterocycles. The lowest BCUT2D eigenvalue weighted by Gasteiger charge is -2.23. The topological polar surface area (TPSA) is 66.5 Å². The number of hydrogen-bond acceptors (Lipinski definition) is 3. The lowest BCUT2D eigenvalue weighted by Crippen LogP contribution is -2.38. The Morgan fingerprint density at radius 1 is 1.26 bits per heavy atom. The van der Waals surface area contributed by atoms with Crippen LogP contribution in [0.3, 0.4) is 0 Å². The van der Waals surface area contributed by atoms with Crippen LogP contribution in [0.2, 0.25) is 0 Å². The molecule has 0 bridgehead atoms. The first kappa shape index (κ1) is 19.5. The van der Waals surface area contributed by atoms with Crippen LogP contribution < -0.4 is 5.32 Å². The molecule has 1 N–H and O–H groups in total. The standard InChI is InChI=1S/C15H22F2N2O3S/c1-10(2)19(23(4,21)22)7-5-6-18-15(20)12-8-11(3)13(16)9-14(12)17/h8-10H,5-7H2,1-4H3,(H,18,20). The second kappa shape index (κ2) is 7.83. The van der Waals surface area contributed by atoms with E-state index >= 15 is 0 Å². The summed E-state index contributed by atoms with van der Waals surface area (Å²) in [5.41, 5.74) is -0.0488. The van der Waals surface area contributed by atoms with Gasteiger partial charge < -0.3 is 5.32 Å². The Hall–Kier alpha value is -1.54. The summed E-state index contributed by atoms with van der Waals surface area (Å²) in [6.07, 6.45) is 1.51. The van der Waals surface area contributed by atoms with Gasteiger partial charge >= 0.3 is 0 Å². The van der Waals surface area contributed by atoms with Gasteiger partial charge in [0, 0.05) is 25.2 Å². The Bertz CT molecular complexity index is 676. The third-order valence-corrected chi connectivity index (χ3v) is 4.79. The monoisotopic (exact) mass is 348 g/mol. The van der Waals surface area contributed by atoms with Crippen molar-refractivity contribution in [1.29, 1.82) is 0 Å². The zero-order valence-corrected chi connectivity index (χ0v) is 14.5. The average Bonchev–Trinajstić information content (AvgIpc) is 2.40. The molecule has 0 unspecified atom stereocenters. The van der Waals surface area contributed by atoms with E-state index in [4.69, 9.17) is 0 Å². The van der Waals surface area contributed by atoms with Crippen LogP contribution in [-0.2, 0) is 10.0 Å². The number of carbonyl (C=O) groups excluding carboxylic acids is 1. The van der Waals surface area contributed by atoms with Gasteiger partial charge in [-0.3, -0.25) is 4.79 Å². The Balaban J connectivity index is 2.60. The third kappa shape index (κ3) is 5.54. The summed E-state index contributed by atoms with van der Waals surface area (Å²) in [7, 11) is -3.32. The summed E-state index contributed by atoms with van der Waals surface area (Å²) in [4.78, 5) is 11.9. The Morgan fingerprint density at radius 3 is 2.39 bits per heavy atom. The van der Waals surface area contributed by atoms with Crippen molar-refractivity contribution in [2.24, 2.45) is 0 Å². The molecule has 0 spiro atoms. The molecule has 1 aromatic carbocycles. The van der Waals surface area contributed by atoms with E-state index in [2.05, 4.69) is 5.32 Å². The van der Waals surface area contributed by atoms with Crippen LogP contribution in [0.5, 0.6) is 0 Å². The van der Waals surface area contributed by atoms with Gasteiger partial charge in [0.15, 0.2) is 0 Å². The molecule has 0 atom stereocenters. The summed E-state index contributed by atoms with van der Waals surface area (Å²) in [5, 5.41) is 2.51. The largest absolute Gasteiger partial charge is 0.352 e. The fourth-order valence-corrected chi connectivity index (χ4v) is 3.40. The van der Waals surface area contributed by atoms with Gasteiger partial charge in [-0.2, -0.15) is 4.31 Å². The first-order chi connectivity index (χ1) is 10.5. The number of rotatable bonds is 7. The third-order valence-electron chi connectivity index (χ3n) is 3.34. The minimum Gasteiger partial charge on any atom is -0.352 e. The maximum absolute atomic E-state index is 13.6. The molecule has 0 aliphatic heterocycles. The van der Waals surface area contributed by atoms with Crippen LogP contribution in [0, 0.1) is 18.6 Å². The zero-order valence-electron chi connectivity index (χ0n) is 13.7. The zero-order chi connectivity index (χ0) is 17.8. The van der Waals surface area contributed by atoms with Gasteiger partial charge in [0.1, 0.15) is 11.6 Å². The van der Waals surface area contributed by atoms with Crippen molar-refractivity contribution in [3.8, 4) is 0 Å². The molecule has 0 aliphatic rings. The Morgan fingerprint density at radius 2 is 1.87 bits per heavy atom. The van der Waals surface area contributed by atoms with Crippen molar-refractivity contribution >= 4 is 15.9 Å². The van der Waals surface area contributed by atoms with Crippen LogP contribution in [0.1, 0.15) is 36.2 Å². The van der Waals surface area contributed by atoms with Crippen LogP contribution in [0.4, 0.5) is 8.78 Å². The molecule has 1 aromatic rings. The first-order valence-corrected chi connectivity index (χ1v) is 9.09. The maximum Gasteiger partial charge on any atom is 0.254 e. The van der Waals surface area contributed by atoms with Gasteiger partial charge in [0.05, 0.1) is 11.8 Å². The summed E-state index contributed by atoms with van der Waals surface area (Å²) < 4.78 is 51.3.